The van der Waals surface area contributed by atoms with Crippen molar-refractivity contribution in [1.82, 2.24) is 0 Å². The van der Waals surface area contributed by atoms with Gasteiger partial charge >= 0.3 is 5.97 Å². The van der Waals surface area contributed by atoms with Gasteiger partial charge in [-0.3, -0.25) is 9.59 Å². The molecule has 3 nitrogen and oxygen atoms in total. The maximum Gasteiger partial charge on any atom is 0.315 e. The van der Waals surface area contributed by atoms with Crippen LogP contribution in [0.3, 0.4) is 0 Å². The molecular formula is C12H16O3S2. The van der Waals surface area contributed by atoms with Gasteiger partial charge in [-0.05, 0) is 25.5 Å². The zero-order valence-corrected chi connectivity index (χ0v) is 11.7. The SMILES string of the molecule is CCOC(=O)CSCC(=O)c1ccc(CC)s1. The number of ether oxygens (including phenoxy) is 1. The van der Waals surface area contributed by atoms with Crippen LogP contribution in [0.5, 0.6) is 0 Å². The minimum atomic E-state index is -0.259. The first-order valence-corrected chi connectivity index (χ1v) is 7.49. The second-order valence-corrected chi connectivity index (χ2v) is 5.49. The number of hydrogen-bond donors (Lipinski definition) is 0. The molecule has 94 valence electrons. The fraction of sp³-hybridized carbons (Fsp3) is 0.500. The van der Waals surface area contributed by atoms with Crippen molar-refractivity contribution in [2.45, 2.75) is 20.3 Å². The highest BCUT2D eigenvalue weighted by atomic mass is 32.2. The second-order valence-electron chi connectivity index (χ2n) is 3.34. The third kappa shape index (κ3) is 4.91. The van der Waals surface area contributed by atoms with Gasteiger partial charge in [0.05, 0.1) is 23.0 Å². The number of carbonyl (C=O) groups excluding carboxylic acids is 2. The molecule has 0 N–H and O–H groups in total. The molecule has 0 amide bonds. The number of aryl methyl sites for hydroxylation is 1. The first-order valence-electron chi connectivity index (χ1n) is 5.52. The van der Waals surface area contributed by atoms with E-state index in [0.717, 1.165) is 11.3 Å². The molecule has 0 unspecified atom stereocenters. The molecule has 0 radical (unpaired) electrons. The van der Waals surface area contributed by atoms with Crippen LogP contribution in [-0.2, 0) is 16.0 Å². The van der Waals surface area contributed by atoms with Crippen molar-refractivity contribution >= 4 is 34.9 Å². The van der Waals surface area contributed by atoms with Gasteiger partial charge in [-0.1, -0.05) is 6.92 Å². The summed E-state index contributed by atoms with van der Waals surface area (Å²) in [5.41, 5.74) is 0. The van der Waals surface area contributed by atoms with Crippen molar-refractivity contribution < 1.29 is 14.3 Å². The van der Waals surface area contributed by atoms with Crippen LogP contribution in [0.1, 0.15) is 28.4 Å². The summed E-state index contributed by atoms with van der Waals surface area (Å²) in [4.78, 5) is 24.8. The van der Waals surface area contributed by atoms with Gasteiger partial charge in [0.2, 0.25) is 0 Å². The third-order valence-corrected chi connectivity index (χ3v) is 4.22. The summed E-state index contributed by atoms with van der Waals surface area (Å²) < 4.78 is 4.78. The molecule has 0 saturated carbocycles. The average Bonchev–Trinajstić information content (AvgIpc) is 2.77. The number of esters is 1. The molecule has 1 heterocycles. The Morgan fingerprint density at radius 1 is 1.29 bits per heavy atom. The number of rotatable bonds is 7. The smallest absolute Gasteiger partial charge is 0.315 e. The lowest BCUT2D eigenvalue weighted by Crippen LogP contribution is -2.09. The molecule has 0 fully saturated rings. The molecule has 0 aliphatic carbocycles. The van der Waals surface area contributed by atoms with Crippen molar-refractivity contribution in [1.29, 1.82) is 0 Å². The van der Waals surface area contributed by atoms with E-state index in [1.807, 2.05) is 12.1 Å². The van der Waals surface area contributed by atoms with E-state index in [9.17, 15) is 9.59 Å². The van der Waals surface area contributed by atoms with E-state index in [1.54, 1.807) is 6.92 Å². The summed E-state index contributed by atoms with van der Waals surface area (Å²) in [6, 6.07) is 3.84. The number of thiophene rings is 1. The minimum Gasteiger partial charge on any atom is -0.465 e. The first-order chi connectivity index (χ1) is 8.17. The summed E-state index contributed by atoms with van der Waals surface area (Å²) >= 11 is 2.83. The van der Waals surface area contributed by atoms with Gasteiger partial charge < -0.3 is 4.74 Å². The summed E-state index contributed by atoms with van der Waals surface area (Å²) in [6.45, 7) is 4.22. The Hall–Kier alpha value is -0.810. The minimum absolute atomic E-state index is 0.0870. The van der Waals surface area contributed by atoms with Gasteiger partial charge in [0.15, 0.2) is 5.78 Å². The molecule has 0 saturated heterocycles. The van der Waals surface area contributed by atoms with Crippen LogP contribution >= 0.6 is 23.1 Å². The normalized spacial score (nSPS) is 10.2. The van der Waals surface area contributed by atoms with Crippen molar-refractivity contribution in [3.05, 3.63) is 21.9 Å². The molecule has 0 aromatic carbocycles. The van der Waals surface area contributed by atoms with E-state index in [0.29, 0.717) is 12.4 Å². The van der Waals surface area contributed by atoms with Gasteiger partial charge in [-0.15, -0.1) is 23.1 Å². The Morgan fingerprint density at radius 2 is 2.06 bits per heavy atom. The van der Waals surface area contributed by atoms with E-state index in [4.69, 9.17) is 4.74 Å². The number of carbonyl (C=O) groups is 2. The van der Waals surface area contributed by atoms with Crippen molar-refractivity contribution in [3.8, 4) is 0 Å². The number of thioether (sulfide) groups is 1. The first kappa shape index (κ1) is 14.3. The summed E-state index contributed by atoms with van der Waals surface area (Å²) in [6.07, 6.45) is 0.952. The average molecular weight is 272 g/mol. The van der Waals surface area contributed by atoms with E-state index in [1.165, 1.54) is 28.0 Å². The van der Waals surface area contributed by atoms with Crippen LogP contribution in [0.4, 0.5) is 0 Å². The van der Waals surface area contributed by atoms with Crippen molar-refractivity contribution in [2.24, 2.45) is 0 Å². The molecule has 1 aromatic rings. The molecular weight excluding hydrogens is 256 g/mol. The Balaban J connectivity index is 2.32. The van der Waals surface area contributed by atoms with Crippen molar-refractivity contribution in [3.63, 3.8) is 0 Å². The van der Waals surface area contributed by atoms with Crippen LogP contribution in [0.25, 0.3) is 0 Å². The quantitative estimate of drug-likeness (QED) is 0.565. The molecule has 17 heavy (non-hydrogen) atoms. The summed E-state index contributed by atoms with van der Waals surface area (Å²) in [5.74, 6) is 0.406. The Morgan fingerprint density at radius 3 is 2.65 bits per heavy atom. The molecule has 0 spiro atoms. The zero-order chi connectivity index (χ0) is 12.7. The van der Waals surface area contributed by atoms with Crippen LogP contribution in [-0.4, -0.2) is 29.9 Å². The van der Waals surface area contributed by atoms with E-state index >= 15 is 0 Å². The molecule has 0 aliphatic heterocycles. The number of Topliss-reactive ketones (excluding diaryl/α,β-unsaturated/α-hetero) is 1. The van der Waals surface area contributed by atoms with Crippen molar-refractivity contribution in [2.75, 3.05) is 18.1 Å². The lowest BCUT2D eigenvalue weighted by atomic mass is 10.3. The largest absolute Gasteiger partial charge is 0.465 e. The van der Waals surface area contributed by atoms with Crippen LogP contribution in [0, 0.1) is 0 Å². The Labute approximate surface area is 110 Å². The van der Waals surface area contributed by atoms with E-state index in [2.05, 4.69) is 6.92 Å². The molecule has 0 bridgehead atoms. The maximum absolute atomic E-state index is 11.8. The Bertz CT molecular complexity index is 385. The topological polar surface area (TPSA) is 43.4 Å². The Kier molecular flexibility index (Phi) is 6.29. The highest BCUT2D eigenvalue weighted by Gasteiger charge is 2.10. The molecule has 5 heteroatoms. The van der Waals surface area contributed by atoms with E-state index in [-0.39, 0.29) is 17.5 Å². The second kappa shape index (κ2) is 7.50. The van der Waals surface area contributed by atoms with Gasteiger partial charge in [-0.25, -0.2) is 0 Å². The zero-order valence-electron chi connectivity index (χ0n) is 10.0. The fourth-order valence-electron chi connectivity index (χ4n) is 1.22. The number of hydrogen-bond acceptors (Lipinski definition) is 5. The predicted molar refractivity (Wildman–Crippen MR) is 72.0 cm³/mol. The standard InChI is InChI=1S/C12H16O3S2/c1-3-9-5-6-11(17-9)10(13)7-16-8-12(14)15-4-2/h5-6H,3-4,7-8H2,1-2H3. The van der Waals surface area contributed by atoms with Crippen LogP contribution < -0.4 is 0 Å². The van der Waals surface area contributed by atoms with E-state index < -0.39 is 0 Å². The van der Waals surface area contributed by atoms with Gasteiger partial charge in [0.25, 0.3) is 0 Å². The molecule has 0 atom stereocenters. The molecule has 0 aliphatic rings. The maximum atomic E-state index is 11.8. The van der Waals surface area contributed by atoms with Crippen LogP contribution in [0.2, 0.25) is 0 Å². The summed E-state index contributed by atoms with van der Waals surface area (Å²) in [5, 5.41) is 0. The lowest BCUT2D eigenvalue weighted by Gasteiger charge is -2.00. The van der Waals surface area contributed by atoms with Crippen LogP contribution in [0.15, 0.2) is 12.1 Å². The highest BCUT2D eigenvalue weighted by molar-refractivity contribution is 8.00. The van der Waals surface area contributed by atoms with Gasteiger partial charge in [0, 0.05) is 4.88 Å². The highest BCUT2D eigenvalue weighted by Crippen LogP contribution is 2.19. The monoisotopic (exact) mass is 272 g/mol. The van der Waals surface area contributed by atoms with Gasteiger partial charge in [-0.2, -0.15) is 0 Å². The van der Waals surface area contributed by atoms with Gasteiger partial charge in [0.1, 0.15) is 0 Å². The molecule has 1 rings (SSSR count). The lowest BCUT2D eigenvalue weighted by molar-refractivity contribution is -0.139. The predicted octanol–water partition coefficient (Wildman–Crippen LogP) is 2.79. The summed E-state index contributed by atoms with van der Waals surface area (Å²) in [7, 11) is 0. The third-order valence-electron chi connectivity index (χ3n) is 2.04. The fourth-order valence-corrected chi connectivity index (χ4v) is 2.89. The number of ketones is 1. The molecule has 1 aromatic heterocycles.